The Labute approximate surface area is 186 Å². The molecule has 1 N–H and O–H groups in total. The van der Waals surface area contributed by atoms with Crippen LogP contribution in [0.1, 0.15) is 42.4 Å². The van der Waals surface area contributed by atoms with Gasteiger partial charge in [-0.3, -0.25) is 14.4 Å². The van der Waals surface area contributed by atoms with Crippen molar-refractivity contribution in [3.05, 3.63) is 47.5 Å². The molecule has 4 rings (SSSR count). The lowest BCUT2D eigenvalue weighted by atomic mass is 9.96. The summed E-state index contributed by atoms with van der Waals surface area (Å²) < 4.78 is 12.2. The van der Waals surface area contributed by atoms with Crippen LogP contribution < -0.4 is 14.4 Å². The van der Waals surface area contributed by atoms with Gasteiger partial charge in [0.1, 0.15) is 0 Å². The smallest absolute Gasteiger partial charge is 0.261 e. The first-order valence-corrected chi connectivity index (χ1v) is 10.3. The number of aryl methyl sites for hydroxylation is 1. The molecular weight excluding hydrogens is 410 g/mol. The summed E-state index contributed by atoms with van der Waals surface area (Å²) in [7, 11) is 3.09. The molecule has 1 amide bonds. The highest BCUT2D eigenvalue weighted by molar-refractivity contribution is 6.12. The van der Waals surface area contributed by atoms with Crippen LogP contribution in [0.5, 0.6) is 11.6 Å². The Kier molecular flexibility index (Phi) is 5.37. The molecule has 1 atom stereocenters. The number of fused-ring (bicyclic) bond motifs is 1. The summed E-state index contributed by atoms with van der Waals surface area (Å²) in [5.41, 5.74) is 3.54. The topological polar surface area (TPSA) is 103 Å². The van der Waals surface area contributed by atoms with Gasteiger partial charge < -0.3 is 14.6 Å². The molecule has 0 unspecified atom stereocenters. The standard InChI is InChI=1S/C23H27N5O4/c1-13-7-17(15-8-18(31-5)21(32-6)24-9-15)26-20-19(13)22(30)28(23(20,3)4)16-10-25-27(12-16)11-14(2)29/h7-10,12,14,29H,11H2,1-6H3/t14-/m1/s1. The van der Waals surface area contributed by atoms with E-state index in [-0.39, 0.29) is 5.91 Å². The molecule has 0 saturated carbocycles. The van der Waals surface area contributed by atoms with Crippen LogP contribution in [0.3, 0.4) is 0 Å². The molecule has 3 aromatic rings. The number of carbonyl (C=O) groups excluding carboxylic acids is 1. The second-order valence-corrected chi connectivity index (χ2v) is 8.45. The maximum atomic E-state index is 13.4. The molecule has 0 aliphatic carbocycles. The normalized spacial score (nSPS) is 15.6. The van der Waals surface area contributed by atoms with Gasteiger partial charge in [0.05, 0.1) is 61.2 Å². The van der Waals surface area contributed by atoms with Gasteiger partial charge in [0.15, 0.2) is 5.75 Å². The van der Waals surface area contributed by atoms with Crippen molar-refractivity contribution in [3.8, 4) is 22.9 Å². The highest BCUT2D eigenvalue weighted by Crippen LogP contribution is 2.43. The Balaban J connectivity index is 1.78. The van der Waals surface area contributed by atoms with E-state index >= 15 is 0 Å². The first-order valence-electron chi connectivity index (χ1n) is 10.3. The maximum Gasteiger partial charge on any atom is 0.261 e. The van der Waals surface area contributed by atoms with Gasteiger partial charge in [0.2, 0.25) is 0 Å². The van der Waals surface area contributed by atoms with Gasteiger partial charge in [-0.25, -0.2) is 9.97 Å². The van der Waals surface area contributed by atoms with Gasteiger partial charge in [-0.05, 0) is 45.4 Å². The van der Waals surface area contributed by atoms with E-state index in [4.69, 9.17) is 14.5 Å². The van der Waals surface area contributed by atoms with Gasteiger partial charge in [-0.15, -0.1) is 0 Å². The second kappa shape index (κ2) is 7.90. The number of carbonyl (C=O) groups is 1. The van der Waals surface area contributed by atoms with Crippen LogP contribution in [0.25, 0.3) is 11.3 Å². The molecule has 9 heteroatoms. The summed E-state index contributed by atoms with van der Waals surface area (Å²) in [5, 5.41) is 13.9. The quantitative estimate of drug-likeness (QED) is 0.632. The SMILES string of the molecule is COc1cc(-c2cc(C)c3c(n2)C(C)(C)N(c2cnn(C[C@@H](C)O)c2)C3=O)cnc1OC. The van der Waals surface area contributed by atoms with Crippen LogP contribution in [0.2, 0.25) is 0 Å². The third-order valence-corrected chi connectivity index (χ3v) is 5.63. The molecule has 9 nitrogen and oxygen atoms in total. The minimum atomic E-state index is -0.699. The fourth-order valence-corrected chi connectivity index (χ4v) is 4.16. The average Bonchev–Trinajstić information content (AvgIpc) is 3.26. The number of anilines is 1. The minimum Gasteiger partial charge on any atom is -0.491 e. The van der Waals surface area contributed by atoms with Crippen molar-refractivity contribution >= 4 is 11.6 Å². The summed E-state index contributed by atoms with van der Waals surface area (Å²) >= 11 is 0. The highest BCUT2D eigenvalue weighted by Gasteiger charge is 2.47. The monoisotopic (exact) mass is 437 g/mol. The molecule has 3 aromatic heterocycles. The molecule has 0 radical (unpaired) electrons. The molecule has 0 bridgehead atoms. The van der Waals surface area contributed by atoms with Crippen molar-refractivity contribution in [3.63, 3.8) is 0 Å². The van der Waals surface area contributed by atoms with Crippen molar-refractivity contribution in [2.45, 2.75) is 45.9 Å². The van der Waals surface area contributed by atoms with Crippen LogP contribution in [0.4, 0.5) is 5.69 Å². The summed E-state index contributed by atoms with van der Waals surface area (Å²) in [6, 6.07) is 3.71. The molecule has 0 saturated heterocycles. The van der Waals surface area contributed by atoms with Crippen LogP contribution in [0, 0.1) is 6.92 Å². The molecule has 1 aliphatic rings. The number of aliphatic hydroxyl groups excluding tert-OH is 1. The molecule has 32 heavy (non-hydrogen) atoms. The lowest BCUT2D eigenvalue weighted by Gasteiger charge is -2.30. The van der Waals surface area contributed by atoms with E-state index in [0.717, 1.165) is 11.1 Å². The third kappa shape index (κ3) is 3.48. The Hall–Kier alpha value is -3.46. The molecule has 0 aromatic carbocycles. The molecule has 0 spiro atoms. The van der Waals surface area contributed by atoms with Gasteiger partial charge in [-0.2, -0.15) is 5.10 Å². The van der Waals surface area contributed by atoms with Gasteiger partial charge in [0, 0.05) is 18.0 Å². The zero-order valence-electron chi connectivity index (χ0n) is 19.1. The van der Waals surface area contributed by atoms with Crippen molar-refractivity contribution in [2.24, 2.45) is 0 Å². The number of amides is 1. The van der Waals surface area contributed by atoms with Gasteiger partial charge in [0.25, 0.3) is 11.8 Å². The number of aromatic nitrogens is 4. The molecular formula is C23H27N5O4. The van der Waals surface area contributed by atoms with Crippen molar-refractivity contribution in [2.75, 3.05) is 19.1 Å². The van der Waals surface area contributed by atoms with E-state index in [2.05, 4.69) is 10.1 Å². The van der Waals surface area contributed by atoms with E-state index in [9.17, 15) is 9.90 Å². The summed E-state index contributed by atoms with van der Waals surface area (Å²) in [6.07, 6.45) is 4.55. The maximum absolute atomic E-state index is 13.4. The average molecular weight is 438 g/mol. The first-order chi connectivity index (χ1) is 15.2. The molecule has 0 fully saturated rings. The number of ether oxygens (including phenoxy) is 2. The fourth-order valence-electron chi connectivity index (χ4n) is 4.16. The summed E-state index contributed by atoms with van der Waals surface area (Å²) in [5.74, 6) is 0.779. The molecule has 168 valence electrons. The van der Waals surface area contributed by atoms with E-state index in [1.807, 2.05) is 32.9 Å². The van der Waals surface area contributed by atoms with Crippen molar-refractivity contribution in [1.29, 1.82) is 0 Å². The fraction of sp³-hybridized carbons (Fsp3) is 0.391. The predicted molar refractivity (Wildman–Crippen MR) is 119 cm³/mol. The van der Waals surface area contributed by atoms with E-state index in [1.165, 1.54) is 7.11 Å². The first kappa shape index (κ1) is 21.8. The predicted octanol–water partition coefficient (Wildman–Crippen LogP) is 2.94. The third-order valence-electron chi connectivity index (χ3n) is 5.63. The number of methoxy groups -OCH3 is 2. The Bertz CT molecular complexity index is 1190. The van der Waals surface area contributed by atoms with E-state index < -0.39 is 11.6 Å². The number of rotatable bonds is 6. The number of pyridine rings is 2. The van der Waals surface area contributed by atoms with Crippen LogP contribution >= 0.6 is 0 Å². The molecule has 4 heterocycles. The van der Waals surface area contributed by atoms with Gasteiger partial charge in [-0.1, -0.05) is 0 Å². The minimum absolute atomic E-state index is 0.122. The Morgan fingerprint density at radius 1 is 1.19 bits per heavy atom. The Morgan fingerprint density at radius 3 is 2.59 bits per heavy atom. The number of hydrogen-bond donors (Lipinski definition) is 1. The largest absolute Gasteiger partial charge is 0.491 e. The van der Waals surface area contributed by atoms with Crippen LogP contribution in [-0.4, -0.2) is 51.1 Å². The zero-order valence-corrected chi connectivity index (χ0v) is 19.1. The lowest BCUT2D eigenvalue weighted by molar-refractivity contribution is 0.0981. The van der Waals surface area contributed by atoms with Gasteiger partial charge >= 0.3 is 0 Å². The summed E-state index contributed by atoms with van der Waals surface area (Å²) in [6.45, 7) is 7.88. The summed E-state index contributed by atoms with van der Waals surface area (Å²) in [4.78, 5) is 24.4. The number of aliphatic hydroxyl groups is 1. The van der Waals surface area contributed by atoms with Crippen LogP contribution in [0.15, 0.2) is 30.7 Å². The lowest BCUT2D eigenvalue weighted by Crippen LogP contribution is -2.39. The van der Waals surface area contributed by atoms with Crippen molar-refractivity contribution in [1.82, 2.24) is 19.7 Å². The van der Waals surface area contributed by atoms with Crippen LogP contribution in [-0.2, 0) is 12.1 Å². The van der Waals surface area contributed by atoms with E-state index in [0.29, 0.717) is 40.8 Å². The number of hydrogen-bond acceptors (Lipinski definition) is 7. The second-order valence-electron chi connectivity index (χ2n) is 8.45. The Morgan fingerprint density at radius 2 is 1.94 bits per heavy atom. The number of nitrogens with zero attached hydrogens (tertiary/aromatic N) is 5. The molecule has 1 aliphatic heterocycles. The zero-order chi connectivity index (χ0) is 23.2. The van der Waals surface area contributed by atoms with E-state index in [1.54, 1.807) is 42.2 Å². The van der Waals surface area contributed by atoms with Crippen molar-refractivity contribution < 1.29 is 19.4 Å². The highest BCUT2D eigenvalue weighted by atomic mass is 16.5.